The summed E-state index contributed by atoms with van der Waals surface area (Å²) in [4.78, 5) is 24.4. The number of hydrogen-bond donors (Lipinski definition) is 2. The van der Waals surface area contributed by atoms with E-state index in [4.69, 9.17) is 16.7 Å². The molecule has 0 aromatic heterocycles. The number of nitrogens with one attached hydrogen (secondary N) is 1. The Kier molecular flexibility index (Phi) is 6.39. The SMILES string of the molecule is Cl.O=C(CN1CCC(C(=O)O)C1)Nc1ccc(F)cc1Cl. The third kappa shape index (κ3) is 4.84. The third-order valence-electron chi connectivity index (χ3n) is 3.19. The Morgan fingerprint density at radius 1 is 1.48 bits per heavy atom. The van der Waals surface area contributed by atoms with Gasteiger partial charge in [0.05, 0.1) is 23.2 Å². The van der Waals surface area contributed by atoms with E-state index >= 15 is 0 Å². The quantitative estimate of drug-likeness (QED) is 0.884. The van der Waals surface area contributed by atoms with Gasteiger partial charge < -0.3 is 10.4 Å². The molecule has 1 unspecified atom stereocenters. The Morgan fingerprint density at radius 3 is 2.76 bits per heavy atom. The fourth-order valence-electron chi connectivity index (χ4n) is 2.16. The van der Waals surface area contributed by atoms with E-state index in [0.717, 1.165) is 6.07 Å². The molecule has 1 aliphatic rings. The zero-order valence-corrected chi connectivity index (χ0v) is 12.6. The number of halogens is 3. The number of nitrogens with zero attached hydrogens (tertiary/aromatic N) is 1. The number of likely N-dealkylation sites (tertiary alicyclic amines) is 1. The molecule has 1 aromatic rings. The van der Waals surface area contributed by atoms with Gasteiger partial charge >= 0.3 is 5.97 Å². The summed E-state index contributed by atoms with van der Waals surface area (Å²) in [6.07, 6.45) is 0.542. The van der Waals surface area contributed by atoms with Crippen molar-refractivity contribution in [3.8, 4) is 0 Å². The van der Waals surface area contributed by atoms with Crippen molar-refractivity contribution < 1.29 is 19.1 Å². The summed E-state index contributed by atoms with van der Waals surface area (Å²) < 4.78 is 12.9. The molecule has 2 rings (SSSR count). The first kappa shape index (κ1) is 17.7. The number of anilines is 1. The van der Waals surface area contributed by atoms with Crippen LogP contribution in [0.3, 0.4) is 0 Å². The van der Waals surface area contributed by atoms with Gasteiger partial charge in [0.15, 0.2) is 0 Å². The van der Waals surface area contributed by atoms with Crippen LogP contribution in [0, 0.1) is 11.7 Å². The molecule has 0 bridgehead atoms. The minimum absolute atomic E-state index is 0. The number of carboxylic acids is 1. The van der Waals surface area contributed by atoms with E-state index in [2.05, 4.69) is 5.32 Å². The minimum atomic E-state index is -0.838. The van der Waals surface area contributed by atoms with E-state index in [1.807, 2.05) is 0 Å². The van der Waals surface area contributed by atoms with Crippen LogP contribution in [0.4, 0.5) is 10.1 Å². The number of carbonyl (C=O) groups is 2. The third-order valence-corrected chi connectivity index (χ3v) is 3.51. The molecule has 0 spiro atoms. The summed E-state index contributed by atoms with van der Waals surface area (Å²) in [5.41, 5.74) is 0.340. The van der Waals surface area contributed by atoms with Crippen molar-refractivity contribution in [3.63, 3.8) is 0 Å². The summed E-state index contributed by atoms with van der Waals surface area (Å²) in [7, 11) is 0. The van der Waals surface area contributed by atoms with E-state index < -0.39 is 17.7 Å². The highest BCUT2D eigenvalue weighted by Gasteiger charge is 2.28. The zero-order chi connectivity index (χ0) is 14.7. The van der Waals surface area contributed by atoms with Crippen LogP contribution in [0.15, 0.2) is 18.2 Å². The first-order valence-electron chi connectivity index (χ1n) is 6.16. The molecule has 0 aliphatic carbocycles. The molecule has 1 atom stereocenters. The highest BCUT2D eigenvalue weighted by molar-refractivity contribution is 6.33. The van der Waals surface area contributed by atoms with Gasteiger partial charge in [0.1, 0.15) is 5.82 Å². The van der Waals surface area contributed by atoms with Crippen molar-refractivity contribution in [2.24, 2.45) is 5.92 Å². The lowest BCUT2D eigenvalue weighted by Crippen LogP contribution is -2.32. The maximum atomic E-state index is 12.9. The van der Waals surface area contributed by atoms with Crippen LogP contribution >= 0.6 is 24.0 Å². The van der Waals surface area contributed by atoms with Gasteiger partial charge in [0.2, 0.25) is 5.91 Å². The number of hydrogen-bond acceptors (Lipinski definition) is 3. The van der Waals surface area contributed by atoms with E-state index in [9.17, 15) is 14.0 Å². The molecule has 0 saturated carbocycles. The second kappa shape index (κ2) is 7.59. The highest BCUT2D eigenvalue weighted by Crippen LogP contribution is 2.22. The van der Waals surface area contributed by atoms with Crippen molar-refractivity contribution in [2.75, 3.05) is 25.0 Å². The van der Waals surface area contributed by atoms with Crippen LogP contribution in [0.5, 0.6) is 0 Å². The maximum Gasteiger partial charge on any atom is 0.307 e. The molecule has 1 amide bonds. The zero-order valence-electron chi connectivity index (χ0n) is 11.0. The monoisotopic (exact) mass is 336 g/mol. The van der Waals surface area contributed by atoms with Gasteiger partial charge in [-0.25, -0.2) is 4.39 Å². The Bertz CT molecular complexity index is 542. The van der Waals surface area contributed by atoms with Gasteiger partial charge in [-0.15, -0.1) is 12.4 Å². The van der Waals surface area contributed by atoms with Crippen molar-refractivity contribution in [2.45, 2.75) is 6.42 Å². The van der Waals surface area contributed by atoms with Crippen LogP contribution in [0.1, 0.15) is 6.42 Å². The van der Waals surface area contributed by atoms with E-state index in [1.54, 1.807) is 4.90 Å². The molecular weight excluding hydrogens is 322 g/mol. The number of carbonyl (C=O) groups excluding carboxylic acids is 1. The lowest BCUT2D eigenvalue weighted by Gasteiger charge is -2.15. The van der Waals surface area contributed by atoms with Crippen LogP contribution in [-0.4, -0.2) is 41.5 Å². The summed E-state index contributed by atoms with van der Waals surface area (Å²) in [5, 5.41) is 11.6. The van der Waals surface area contributed by atoms with Gasteiger partial charge in [-0.2, -0.15) is 0 Å². The molecule has 1 fully saturated rings. The highest BCUT2D eigenvalue weighted by atomic mass is 35.5. The van der Waals surface area contributed by atoms with Gasteiger partial charge in [0.25, 0.3) is 0 Å². The number of rotatable bonds is 4. The van der Waals surface area contributed by atoms with Crippen LogP contribution < -0.4 is 5.32 Å². The molecule has 0 radical (unpaired) electrons. The van der Waals surface area contributed by atoms with Crippen molar-refractivity contribution in [3.05, 3.63) is 29.0 Å². The Labute approximate surface area is 132 Å². The second-order valence-corrected chi connectivity index (χ2v) is 5.14. The van der Waals surface area contributed by atoms with Crippen molar-refractivity contribution >= 4 is 41.6 Å². The normalized spacial score (nSPS) is 18.1. The molecule has 1 aromatic carbocycles. The Hall–Kier alpha value is -1.37. The molecule has 1 heterocycles. The number of carboxylic acid groups (broad SMARTS) is 1. The molecule has 21 heavy (non-hydrogen) atoms. The molecule has 8 heteroatoms. The lowest BCUT2D eigenvalue weighted by molar-refractivity contribution is -0.141. The smallest absolute Gasteiger partial charge is 0.307 e. The maximum absolute atomic E-state index is 12.9. The average Bonchev–Trinajstić information content (AvgIpc) is 2.81. The molecule has 5 nitrogen and oxygen atoms in total. The number of benzene rings is 1. The van der Waals surface area contributed by atoms with Gasteiger partial charge in [-0.05, 0) is 31.2 Å². The predicted molar refractivity (Wildman–Crippen MR) is 79.5 cm³/mol. The molecular formula is C13H15Cl2FN2O3. The van der Waals surface area contributed by atoms with E-state index in [-0.39, 0.29) is 29.9 Å². The second-order valence-electron chi connectivity index (χ2n) is 4.73. The van der Waals surface area contributed by atoms with Gasteiger partial charge in [-0.1, -0.05) is 11.6 Å². The first-order valence-corrected chi connectivity index (χ1v) is 6.53. The number of aliphatic carboxylic acids is 1. The fourth-order valence-corrected chi connectivity index (χ4v) is 2.38. The average molecular weight is 337 g/mol. The van der Waals surface area contributed by atoms with Crippen LogP contribution in [0.25, 0.3) is 0 Å². The number of amides is 1. The standard InChI is InChI=1S/C13H14ClFN2O3.ClH/c14-10-5-9(15)1-2-11(10)16-12(18)7-17-4-3-8(6-17)13(19)20;/h1-2,5,8H,3-4,6-7H2,(H,16,18)(H,19,20);1H. The Balaban J connectivity index is 0.00000220. The van der Waals surface area contributed by atoms with Crippen molar-refractivity contribution in [1.29, 1.82) is 0 Å². The summed E-state index contributed by atoms with van der Waals surface area (Å²) in [6, 6.07) is 3.71. The summed E-state index contributed by atoms with van der Waals surface area (Å²) >= 11 is 5.81. The van der Waals surface area contributed by atoms with E-state index in [0.29, 0.717) is 25.2 Å². The molecule has 2 N–H and O–H groups in total. The largest absolute Gasteiger partial charge is 0.481 e. The Morgan fingerprint density at radius 2 is 2.19 bits per heavy atom. The van der Waals surface area contributed by atoms with Crippen molar-refractivity contribution in [1.82, 2.24) is 4.90 Å². The fraction of sp³-hybridized carbons (Fsp3) is 0.385. The molecule has 1 saturated heterocycles. The van der Waals surface area contributed by atoms with Crippen LogP contribution in [0.2, 0.25) is 5.02 Å². The van der Waals surface area contributed by atoms with Crippen LogP contribution in [-0.2, 0) is 9.59 Å². The molecule has 1 aliphatic heterocycles. The van der Waals surface area contributed by atoms with Gasteiger partial charge in [0, 0.05) is 6.54 Å². The summed E-state index contributed by atoms with van der Waals surface area (Å²) in [6.45, 7) is 1.03. The minimum Gasteiger partial charge on any atom is -0.481 e. The van der Waals surface area contributed by atoms with Gasteiger partial charge in [-0.3, -0.25) is 14.5 Å². The predicted octanol–water partition coefficient (Wildman–Crippen LogP) is 2.25. The summed E-state index contributed by atoms with van der Waals surface area (Å²) in [5.74, 6) is -2.03. The lowest BCUT2D eigenvalue weighted by atomic mass is 10.1. The molecule has 116 valence electrons. The topological polar surface area (TPSA) is 69.6 Å². The first-order chi connectivity index (χ1) is 9.45. The van der Waals surface area contributed by atoms with E-state index in [1.165, 1.54) is 12.1 Å².